The van der Waals surface area contributed by atoms with Gasteiger partial charge in [-0.3, -0.25) is 4.68 Å². The molecule has 0 aromatic carbocycles. The Morgan fingerprint density at radius 3 is 2.85 bits per heavy atom. The SMILES string of the molecule is CCNCc1c(Cl)cnn1C(C)C. The van der Waals surface area contributed by atoms with Crippen molar-refractivity contribution in [2.45, 2.75) is 33.4 Å². The van der Waals surface area contributed by atoms with E-state index in [4.69, 9.17) is 11.6 Å². The lowest BCUT2D eigenvalue weighted by Gasteiger charge is -2.11. The van der Waals surface area contributed by atoms with E-state index < -0.39 is 0 Å². The Hall–Kier alpha value is -0.540. The summed E-state index contributed by atoms with van der Waals surface area (Å²) in [6.45, 7) is 7.99. The van der Waals surface area contributed by atoms with Gasteiger partial charge in [0.1, 0.15) is 0 Å². The normalized spacial score (nSPS) is 11.2. The van der Waals surface area contributed by atoms with Gasteiger partial charge in [-0.25, -0.2) is 0 Å². The fourth-order valence-corrected chi connectivity index (χ4v) is 1.42. The zero-order valence-electron chi connectivity index (χ0n) is 8.34. The zero-order chi connectivity index (χ0) is 9.84. The molecule has 1 N–H and O–H groups in total. The minimum absolute atomic E-state index is 0.362. The first-order valence-electron chi connectivity index (χ1n) is 4.59. The molecule has 3 nitrogen and oxygen atoms in total. The van der Waals surface area contributed by atoms with E-state index >= 15 is 0 Å². The van der Waals surface area contributed by atoms with E-state index in [2.05, 4.69) is 31.2 Å². The third kappa shape index (κ3) is 2.45. The summed E-state index contributed by atoms with van der Waals surface area (Å²) in [7, 11) is 0. The van der Waals surface area contributed by atoms with Crippen LogP contribution in [0.25, 0.3) is 0 Å². The van der Waals surface area contributed by atoms with Crippen LogP contribution in [0, 0.1) is 0 Å². The first kappa shape index (κ1) is 10.5. The summed E-state index contributed by atoms with van der Waals surface area (Å²) >= 11 is 6.00. The molecule has 4 heteroatoms. The van der Waals surface area contributed by atoms with Crippen LogP contribution in [0.3, 0.4) is 0 Å². The maximum absolute atomic E-state index is 6.00. The second kappa shape index (κ2) is 4.63. The van der Waals surface area contributed by atoms with E-state index in [0.717, 1.165) is 23.8 Å². The average molecular weight is 202 g/mol. The number of nitrogens with zero attached hydrogens (tertiary/aromatic N) is 2. The molecule has 0 amide bonds. The lowest BCUT2D eigenvalue weighted by atomic mass is 10.3. The van der Waals surface area contributed by atoms with Gasteiger partial charge >= 0.3 is 0 Å². The van der Waals surface area contributed by atoms with Gasteiger partial charge in [0.2, 0.25) is 0 Å². The molecule has 1 rings (SSSR count). The van der Waals surface area contributed by atoms with Gasteiger partial charge in [0.15, 0.2) is 0 Å². The van der Waals surface area contributed by atoms with Crippen LogP contribution in [0.5, 0.6) is 0 Å². The highest BCUT2D eigenvalue weighted by Crippen LogP contribution is 2.18. The topological polar surface area (TPSA) is 29.9 Å². The second-order valence-electron chi connectivity index (χ2n) is 3.26. The van der Waals surface area contributed by atoms with E-state index in [1.807, 2.05) is 4.68 Å². The highest BCUT2D eigenvalue weighted by Gasteiger charge is 2.10. The molecule has 74 valence electrons. The largest absolute Gasteiger partial charge is 0.311 e. The van der Waals surface area contributed by atoms with Gasteiger partial charge in [-0.1, -0.05) is 18.5 Å². The highest BCUT2D eigenvalue weighted by molar-refractivity contribution is 6.31. The van der Waals surface area contributed by atoms with Crippen LogP contribution >= 0.6 is 11.6 Å². The van der Waals surface area contributed by atoms with Crippen LogP contribution in [0.1, 0.15) is 32.5 Å². The van der Waals surface area contributed by atoms with Crippen molar-refractivity contribution in [2.24, 2.45) is 0 Å². The molecule has 0 radical (unpaired) electrons. The molecule has 0 atom stereocenters. The number of hydrogen-bond donors (Lipinski definition) is 1. The lowest BCUT2D eigenvalue weighted by molar-refractivity contribution is 0.498. The first-order chi connectivity index (χ1) is 6.16. The third-order valence-corrected chi connectivity index (χ3v) is 2.20. The van der Waals surface area contributed by atoms with E-state index in [-0.39, 0.29) is 0 Å². The lowest BCUT2D eigenvalue weighted by Crippen LogP contribution is -2.17. The Morgan fingerprint density at radius 1 is 1.62 bits per heavy atom. The second-order valence-corrected chi connectivity index (χ2v) is 3.67. The number of nitrogens with one attached hydrogen (secondary N) is 1. The van der Waals surface area contributed by atoms with Crippen molar-refractivity contribution in [1.82, 2.24) is 15.1 Å². The monoisotopic (exact) mass is 201 g/mol. The molecule has 1 aromatic heterocycles. The van der Waals surface area contributed by atoms with E-state index in [9.17, 15) is 0 Å². The standard InChI is InChI=1S/C9H16ClN3/c1-4-11-6-9-8(10)5-12-13(9)7(2)3/h5,7,11H,4,6H2,1-3H3. The van der Waals surface area contributed by atoms with Crippen molar-refractivity contribution < 1.29 is 0 Å². The quantitative estimate of drug-likeness (QED) is 0.810. The third-order valence-electron chi connectivity index (χ3n) is 1.88. The molecular formula is C9H16ClN3. The van der Waals surface area contributed by atoms with E-state index in [0.29, 0.717) is 6.04 Å². The molecule has 0 fully saturated rings. The summed E-state index contributed by atoms with van der Waals surface area (Å²) in [6, 6.07) is 0.362. The van der Waals surface area contributed by atoms with Crippen LogP contribution in [0.2, 0.25) is 5.02 Å². The van der Waals surface area contributed by atoms with Crippen LogP contribution in [0.15, 0.2) is 6.20 Å². The smallest absolute Gasteiger partial charge is 0.0831 e. The summed E-state index contributed by atoms with van der Waals surface area (Å²) in [4.78, 5) is 0. The molecule has 0 aliphatic rings. The molecule has 0 saturated carbocycles. The number of halogens is 1. The van der Waals surface area contributed by atoms with Gasteiger partial charge in [0, 0.05) is 12.6 Å². The summed E-state index contributed by atoms with van der Waals surface area (Å²) in [5, 5.41) is 8.20. The molecule has 0 bridgehead atoms. The predicted octanol–water partition coefficient (Wildman–Crippen LogP) is 2.23. The molecule has 0 saturated heterocycles. The van der Waals surface area contributed by atoms with Crippen molar-refractivity contribution in [3.8, 4) is 0 Å². The van der Waals surface area contributed by atoms with Crippen LogP contribution < -0.4 is 5.32 Å². The van der Waals surface area contributed by atoms with Gasteiger partial charge in [0.25, 0.3) is 0 Å². The van der Waals surface area contributed by atoms with Gasteiger partial charge in [-0.2, -0.15) is 5.10 Å². The van der Waals surface area contributed by atoms with Crippen molar-refractivity contribution in [3.05, 3.63) is 16.9 Å². The Morgan fingerprint density at radius 2 is 2.31 bits per heavy atom. The van der Waals surface area contributed by atoms with Crippen molar-refractivity contribution in [1.29, 1.82) is 0 Å². The van der Waals surface area contributed by atoms with Crippen molar-refractivity contribution >= 4 is 11.6 Å². The summed E-state index contributed by atoms with van der Waals surface area (Å²) in [5.74, 6) is 0. The summed E-state index contributed by atoms with van der Waals surface area (Å²) in [5.41, 5.74) is 1.07. The summed E-state index contributed by atoms with van der Waals surface area (Å²) in [6.07, 6.45) is 1.70. The van der Waals surface area contributed by atoms with Crippen LogP contribution in [0.4, 0.5) is 0 Å². The van der Waals surface area contributed by atoms with E-state index in [1.54, 1.807) is 6.20 Å². The number of hydrogen-bond acceptors (Lipinski definition) is 2. The van der Waals surface area contributed by atoms with Crippen LogP contribution in [-0.2, 0) is 6.54 Å². The Labute approximate surface area is 84.1 Å². The molecule has 0 aliphatic carbocycles. The fourth-order valence-electron chi connectivity index (χ4n) is 1.22. The van der Waals surface area contributed by atoms with Crippen molar-refractivity contribution in [2.75, 3.05) is 6.54 Å². The van der Waals surface area contributed by atoms with Gasteiger partial charge in [-0.05, 0) is 20.4 Å². The number of rotatable bonds is 4. The molecule has 1 heterocycles. The first-order valence-corrected chi connectivity index (χ1v) is 4.97. The Kier molecular flexibility index (Phi) is 3.75. The van der Waals surface area contributed by atoms with Gasteiger partial charge in [-0.15, -0.1) is 0 Å². The van der Waals surface area contributed by atoms with Gasteiger partial charge in [0.05, 0.1) is 16.9 Å². The predicted molar refractivity (Wildman–Crippen MR) is 55.0 cm³/mol. The molecule has 1 aromatic rings. The Bertz CT molecular complexity index is 268. The van der Waals surface area contributed by atoms with Crippen LogP contribution in [-0.4, -0.2) is 16.3 Å². The molecule has 0 unspecified atom stereocenters. The minimum Gasteiger partial charge on any atom is -0.311 e. The van der Waals surface area contributed by atoms with Gasteiger partial charge < -0.3 is 5.32 Å². The highest BCUT2D eigenvalue weighted by atomic mass is 35.5. The molecule has 13 heavy (non-hydrogen) atoms. The average Bonchev–Trinajstić information content (AvgIpc) is 2.43. The van der Waals surface area contributed by atoms with E-state index in [1.165, 1.54) is 0 Å². The maximum Gasteiger partial charge on any atom is 0.0831 e. The number of aromatic nitrogens is 2. The minimum atomic E-state index is 0.362. The fraction of sp³-hybridized carbons (Fsp3) is 0.667. The molecular weight excluding hydrogens is 186 g/mol. The zero-order valence-corrected chi connectivity index (χ0v) is 9.10. The van der Waals surface area contributed by atoms with Crippen molar-refractivity contribution in [3.63, 3.8) is 0 Å². The maximum atomic E-state index is 6.00. The molecule has 0 aliphatic heterocycles. The Balaban J connectivity index is 2.82. The summed E-state index contributed by atoms with van der Waals surface area (Å²) < 4.78 is 1.95. The molecule has 0 spiro atoms.